The van der Waals surface area contributed by atoms with Gasteiger partial charge in [-0.2, -0.15) is 0 Å². The number of hydrogen-bond donors (Lipinski definition) is 1. The molecule has 0 aliphatic rings. The van der Waals surface area contributed by atoms with E-state index in [1.807, 2.05) is 0 Å². The number of rotatable bonds is 5. The number of pyridine rings is 1. The summed E-state index contributed by atoms with van der Waals surface area (Å²) in [5.41, 5.74) is 6.79. The van der Waals surface area contributed by atoms with Crippen molar-refractivity contribution in [2.45, 2.75) is 6.92 Å². The molecule has 8 heteroatoms. The molecule has 2 heterocycles. The molecular weight excluding hydrogens is 381 g/mol. The zero-order valence-corrected chi connectivity index (χ0v) is 15.5. The van der Waals surface area contributed by atoms with Crippen molar-refractivity contribution in [3.05, 3.63) is 57.1 Å². The van der Waals surface area contributed by atoms with Gasteiger partial charge >= 0.3 is 0 Å². The fourth-order valence-electron chi connectivity index (χ4n) is 2.14. The SMILES string of the molecule is Cc1nc(-c2cc(Cl)nc(Oc3ccc(Cl)cc3)c2)sc1C(=O)CN. The number of benzene rings is 1. The molecule has 5 nitrogen and oxygen atoms in total. The molecule has 0 fully saturated rings. The van der Waals surface area contributed by atoms with Gasteiger partial charge in [-0.3, -0.25) is 4.79 Å². The van der Waals surface area contributed by atoms with Crippen LogP contribution in [0.3, 0.4) is 0 Å². The number of ether oxygens (including phenoxy) is 1. The standard InChI is InChI=1S/C17H13Cl2N3O2S/c1-9-16(13(23)8-20)25-17(21-9)10-6-14(19)22-15(7-10)24-12-4-2-11(18)3-5-12/h2-7H,8,20H2,1H3. The van der Waals surface area contributed by atoms with Gasteiger partial charge in [0.1, 0.15) is 15.9 Å². The summed E-state index contributed by atoms with van der Waals surface area (Å²) < 4.78 is 5.72. The number of nitrogens with zero attached hydrogens (tertiary/aromatic N) is 2. The average molecular weight is 394 g/mol. The molecule has 0 amide bonds. The van der Waals surface area contributed by atoms with Crippen LogP contribution in [0.1, 0.15) is 15.4 Å². The van der Waals surface area contributed by atoms with Crippen LogP contribution in [0.4, 0.5) is 0 Å². The zero-order valence-electron chi connectivity index (χ0n) is 13.1. The lowest BCUT2D eigenvalue weighted by molar-refractivity contribution is 0.100. The number of aryl methyl sites for hydroxylation is 1. The van der Waals surface area contributed by atoms with Crippen LogP contribution < -0.4 is 10.5 Å². The normalized spacial score (nSPS) is 10.7. The van der Waals surface area contributed by atoms with E-state index in [4.69, 9.17) is 33.7 Å². The third-order valence-electron chi connectivity index (χ3n) is 3.29. The van der Waals surface area contributed by atoms with Crippen LogP contribution in [-0.2, 0) is 0 Å². The van der Waals surface area contributed by atoms with E-state index in [-0.39, 0.29) is 17.5 Å². The quantitative estimate of drug-likeness (QED) is 0.499. The Morgan fingerprint density at radius 3 is 2.60 bits per heavy atom. The molecule has 0 radical (unpaired) electrons. The second-order valence-electron chi connectivity index (χ2n) is 5.13. The van der Waals surface area contributed by atoms with E-state index in [0.29, 0.717) is 37.8 Å². The number of thiazole rings is 1. The van der Waals surface area contributed by atoms with Gasteiger partial charge in [0.05, 0.1) is 17.1 Å². The predicted molar refractivity (Wildman–Crippen MR) is 100 cm³/mol. The minimum atomic E-state index is -0.140. The van der Waals surface area contributed by atoms with E-state index in [1.165, 1.54) is 11.3 Å². The van der Waals surface area contributed by atoms with Crippen molar-refractivity contribution in [2.75, 3.05) is 6.54 Å². The van der Waals surface area contributed by atoms with Gasteiger partial charge in [0.15, 0.2) is 5.78 Å². The molecular formula is C17H13Cl2N3O2S. The highest BCUT2D eigenvalue weighted by molar-refractivity contribution is 7.17. The second kappa shape index (κ2) is 7.49. The number of carbonyl (C=O) groups is 1. The molecule has 2 aromatic heterocycles. The summed E-state index contributed by atoms with van der Waals surface area (Å²) in [7, 11) is 0. The Bertz CT molecular complexity index is 926. The van der Waals surface area contributed by atoms with Crippen LogP contribution in [0, 0.1) is 6.92 Å². The van der Waals surface area contributed by atoms with Crippen molar-refractivity contribution in [1.29, 1.82) is 0 Å². The average Bonchev–Trinajstić information content (AvgIpc) is 2.98. The third-order valence-corrected chi connectivity index (χ3v) is 4.98. The molecule has 1 aromatic carbocycles. The van der Waals surface area contributed by atoms with Crippen LogP contribution in [0.15, 0.2) is 36.4 Å². The van der Waals surface area contributed by atoms with Gasteiger partial charge in [-0.1, -0.05) is 23.2 Å². The Hall–Kier alpha value is -1.99. The first-order valence-corrected chi connectivity index (χ1v) is 8.85. The smallest absolute Gasteiger partial charge is 0.221 e. The minimum Gasteiger partial charge on any atom is -0.439 e. The van der Waals surface area contributed by atoms with E-state index < -0.39 is 0 Å². The molecule has 2 N–H and O–H groups in total. The van der Waals surface area contributed by atoms with Gasteiger partial charge in [0, 0.05) is 16.7 Å². The van der Waals surface area contributed by atoms with Crippen LogP contribution in [0.2, 0.25) is 10.2 Å². The van der Waals surface area contributed by atoms with Gasteiger partial charge in [-0.15, -0.1) is 11.3 Å². The molecule has 0 aliphatic carbocycles. The summed E-state index contributed by atoms with van der Waals surface area (Å²) in [6.45, 7) is 1.72. The maximum atomic E-state index is 11.9. The van der Waals surface area contributed by atoms with Crippen molar-refractivity contribution >= 4 is 40.3 Å². The second-order valence-corrected chi connectivity index (χ2v) is 6.96. The lowest BCUT2D eigenvalue weighted by Crippen LogP contribution is -2.13. The lowest BCUT2D eigenvalue weighted by Gasteiger charge is -2.06. The summed E-state index contributed by atoms with van der Waals surface area (Å²) in [5.74, 6) is 0.767. The fraction of sp³-hybridized carbons (Fsp3) is 0.118. The molecule has 0 aliphatic heterocycles. The van der Waals surface area contributed by atoms with Gasteiger partial charge < -0.3 is 10.5 Å². The first-order chi connectivity index (χ1) is 12.0. The molecule has 0 atom stereocenters. The van der Waals surface area contributed by atoms with Gasteiger partial charge in [0.2, 0.25) is 5.88 Å². The summed E-state index contributed by atoms with van der Waals surface area (Å²) in [4.78, 5) is 21.0. The molecule has 0 spiro atoms. The molecule has 25 heavy (non-hydrogen) atoms. The molecule has 0 saturated carbocycles. The number of aromatic nitrogens is 2. The first kappa shape index (κ1) is 17.8. The van der Waals surface area contributed by atoms with Crippen molar-refractivity contribution in [3.63, 3.8) is 0 Å². The van der Waals surface area contributed by atoms with Crippen molar-refractivity contribution < 1.29 is 9.53 Å². The minimum absolute atomic E-state index is 0.0511. The highest BCUT2D eigenvalue weighted by Gasteiger charge is 2.16. The highest BCUT2D eigenvalue weighted by atomic mass is 35.5. The van der Waals surface area contributed by atoms with Gasteiger partial charge in [0.25, 0.3) is 0 Å². The summed E-state index contributed by atoms with van der Waals surface area (Å²) >= 11 is 13.2. The maximum absolute atomic E-state index is 11.9. The van der Waals surface area contributed by atoms with Crippen molar-refractivity contribution in [1.82, 2.24) is 9.97 Å². The Kier molecular flexibility index (Phi) is 5.34. The summed E-state index contributed by atoms with van der Waals surface area (Å²) in [6.07, 6.45) is 0. The van der Waals surface area contributed by atoms with E-state index >= 15 is 0 Å². The van der Waals surface area contributed by atoms with Crippen molar-refractivity contribution in [2.24, 2.45) is 5.73 Å². The Balaban J connectivity index is 1.94. The Morgan fingerprint density at radius 2 is 1.92 bits per heavy atom. The molecule has 128 valence electrons. The van der Waals surface area contributed by atoms with Crippen molar-refractivity contribution in [3.8, 4) is 22.2 Å². The largest absolute Gasteiger partial charge is 0.439 e. The molecule has 3 aromatic rings. The number of halogens is 2. The monoisotopic (exact) mass is 393 g/mol. The zero-order chi connectivity index (χ0) is 18.0. The van der Waals surface area contributed by atoms with Gasteiger partial charge in [-0.05, 0) is 37.3 Å². The number of nitrogens with two attached hydrogens (primary N) is 1. The number of ketones is 1. The molecule has 3 rings (SSSR count). The third kappa shape index (κ3) is 4.16. The fourth-order valence-corrected chi connectivity index (χ4v) is 3.47. The van der Waals surface area contributed by atoms with Crippen LogP contribution in [0.5, 0.6) is 11.6 Å². The molecule has 0 saturated heterocycles. The van der Waals surface area contributed by atoms with Gasteiger partial charge in [-0.25, -0.2) is 9.97 Å². The van der Waals surface area contributed by atoms with E-state index in [9.17, 15) is 4.79 Å². The highest BCUT2D eigenvalue weighted by Crippen LogP contribution is 2.32. The van der Waals surface area contributed by atoms with Crippen LogP contribution in [0.25, 0.3) is 10.6 Å². The first-order valence-electron chi connectivity index (χ1n) is 7.28. The van der Waals surface area contributed by atoms with Crippen LogP contribution >= 0.6 is 34.5 Å². The van der Waals surface area contributed by atoms with E-state index in [2.05, 4.69) is 9.97 Å². The van der Waals surface area contributed by atoms with Crippen LogP contribution in [-0.4, -0.2) is 22.3 Å². The lowest BCUT2D eigenvalue weighted by atomic mass is 10.2. The number of hydrogen-bond acceptors (Lipinski definition) is 6. The summed E-state index contributed by atoms with van der Waals surface area (Å²) in [6, 6.07) is 10.3. The summed E-state index contributed by atoms with van der Waals surface area (Å²) in [5, 5.41) is 1.53. The van der Waals surface area contributed by atoms with E-state index in [0.717, 1.165) is 0 Å². The predicted octanol–water partition coefficient (Wildman–Crippen LogP) is 4.75. The molecule has 0 bridgehead atoms. The van der Waals surface area contributed by atoms with E-state index in [1.54, 1.807) is 43.3 Å². The topological polar surface area (TPSA) is 78.1 Å². The Morgan fingerprint density at radius 1 is 1.20 bits per heavy atom. The Labute approximate surface area is 158 Å². The number of carbonyl (C=O) groups excluding carboxylic acids is 1. The maximum Gasteiger partial charge on any atom is 0.221 e. The number of Topliss-reactive ketones (excluding diaryl/α,β-unsaturated/α-hetero) is 1. The molecule has 0 unspecified atom stereocenters.